The van der Waals surface area contributed by atoms with Crippen molar-refractivity contribution in [1.29, 1.82) is 0 Å². The summed E-state index contributed by atoms with van der Waals surface area (Å²) in [6, 6.07) is 1.96. The van der Waals surface area contributed by atoms with E-state index in [0.29, 0.717) is 5.95 Å². The first kappa shape index (κ1) is 11.9. The van der Waals surface area contributed by atoms with Crippen molar-refractivity contribution in [3.05, 3.63) is 23.4 Å². The molecule has 0 amide bonds. The van der Waals surface area contributed by atoms with Gasteiger partial charge in [-0.3, -0.25) is 0 Å². The molecule has 17 heavy (non-hydrogen) atoms. The van der Waals surface area contributed by atoms with Gasteiger partial charge in [-0.1, -0.05) is 6.08 Å². The van der Waals surface area contributed by atoms with Gasteiger partial charge in [-0.25, -0.2) is 4.98 Å². The Labute approximate surface area is 101 Å². The highest BCUT2D eigenvalue weighted by Gasteiger charge is 2.14. The molecular weight excluding hydrogens is 216 g/mol. The molecule has 1 aliphatic rings. The molecule has 2 rings (SSSR count). The van der Waals surface area contributed by atoms with Crippen LogP contribution in [0.3, 0.4) is 0 Å². The van der Waals surface area contributed by atoms with Gasteiger partial charge in [-0.05, 0) is 18.9 Å². The minimum absolute atomic E-state index is 0.340. The number of methoxy groups -OCH3 is 1. The number of hydrogen-bond donors (Lipinski definition) is 1. The number of hydrogen-bond acceptors (Lipinski definition) is 5. The van der Waals surface area contributed by atoms with Crippen molar-refractivity contribution in [3.63, 3.8) is 0 Å². The van der Waals surface area contributed by atoms with Crippen LogP contribution in [0.15, 0.2) is 17.7 Å². The van der Waals surface area contributed by atoms with E-state index in [9.17, 15) is 0 Å². The molecule has 0 saturated carbocycles. The second-order valence-corrected chi connectivity index (χ2v) is 4.22. The van der Waals surface area contributed by atoms with Crippen molar-refractivity contribution >= 4 is 11.8 Å². The van der Waals surface area contributed by atoms with E-state index in [1.165, 1.54) is 5.57 Å². The van der Waals surface area contributed by atoms with E-state index >= 15 is 0 Å². The van der Waals surface area contributed by atoms with Crippen LogP contribution in [0.25, 0.3) is 0 Å². The molecule has 0 aromatic carbocycles. The van der Waals surface area contributed by atoms with Crippen LogP contribution in [0.5, 0.6) is 0 Å². The third-order valence-corrected chi connectivity index (χ3v) is 2.81. The summed E-state index contributed by atoms with van der Waals surface area (Å²) in [4.78, 5) is 10.5. The van der Waals surface area contributed by atoms with Crippen molar-refractivity contribution < 1.29 is 4.74 Å². The van der Waals surface area contributed by atoms with E-state index in [1.807, 2.05) is 13.0 Å². The molecule has 0 unspecified atom stereocenters. The molecule has 0 fully saturated rings. The van der Waals surface area contributed by atoms with Crippen molar-refractivity contribution in [2.45, 2.75) is 13.3 Å². The average molecular weight is 234 g/mol. The molecule has 0 spiro atoms. The summed E-state index contributed by atoms with van der Waals surface area (Å²) in [7, 11) is 1.72. The predicted octanol–water partition coefficient (Wildman–Crippen LogP) is 1.15. The molecule has 0 radical (unpaired) electrons. The fourth-order valence-corrected chi connectivity index (χ4v) is 1.97. The highest BCUT2D eigenvalue weighted by molar-refractivity contribution is 5.45. The van der Waals surface area contributed by atoms with Crippen LogP contribution in [-0.2, 0) is 4.74 Å². The monoisotopic (exact) mass is 234 g/mol. The molecule has 5 heteroatoms. The van der Waals surface area contributed by atoms with E-state index in [4.69, 9.17) is 10.5 Å². The van der Waals surface area contributed by atoms with Gasteiger partial charge in [-0.15, -0.1) is 0 Å². The average Bonchev–Trinajstić information content (AvgIpc) is 2.29. The van der Waals surface area contributed by atoms with Crippen molar-refractivity contribution in [3.8, 4) is 0 Å². The number of nitrogens with two attached hydrogens (primary N) is 1. The molecule has 1 aromatic rings. The summed E-state index contributed by atoms with van der Waals surface area (Å²) in [5.74, 6) is 1.24. The Bertz CT molecular complexity index is 410. The van der Waals surface area contributed by atoms with Crippen LogP contribution < -0.4 is 10.6 Å². The first-order valence-electron chi connectivity index (χ1n) is 5.72. The minimum atomic E-state index is 0.340. The molecule has 1 aromatic heterocycles. The van der Waals surface area contributed by atoms with Gasteiger partial charge < -0.3 is 15.4 Å². The smallest absolute Gasteiger partial charge is 0.222 e. The van der Waals surface area contributed by atoms with Gasteiger partial charge in [0.05, 0.1) is 6.61 Å². The largest absolute Gasteiger partial charge is 0.380 e. The fraction of sp³-hybridized carbons (Fsp3) is 0.500. The lowest BCUT2D eigenvalue weighted by molar-refractivity contribution is 0.222. The number of aromatic nitrogens is 2. The van der Waals surface area contributed by atoms with E-state index < -0.39 is 0 Å². The second-order valence-electron chi connectivity index (χ2n) is 4.22. The molecule has 92 valence electrons. The topological polar surface area (TPSA) is 64.3 Å². The van der Waals surface area contributed by atoms with Crippen LogP contribution in [-0.4, -0.2) is 36.8 Å². The summed E-state index contributed by atoms with van der Waals surface area (Å²) in [6.07, 6.45) is 3.21. The lowest BCUT2D eigenvalue weighted by Gasteiger charge is -2.27. The summed E-state index contributed by atoms with van der Waals surface area (Å²) in [5.41, 5.74) is 7.91. The maximum Gasteiger partial charge on any atom is 0.222 e. The lowest BCUT2D eigenvalue weighted by atomic mass is 10.1. The number of aryl methyl sites for hydroxylation is 1. The van der Waals surface area contributed by atoms with Crippen LogP contribution in [0, 0.1) is 6.92 Å². The van der Waals surface area contributed by atoms with Gasteiger partial charge in [-0.2, -0.15) is 4.98 Å². The fourth-order valence-electron chi connectivity index (χ4n) is 1.97. The standard InChI is InChI=1S/C12H18N4O/c1-9-7-11(15-12(13)14-9)16-5-3-10(4-6-16)8-17-2/h3,7H,4-6,8H2,1-2H3,(H2,13,14,15). The molecule has 0 bridgehead atoms. The Hall–Kier alpha value is -1.62. The Morgan fingerprint density at radius 3 is 2.88 bits per heavy atom. The minimum Gasteiger partial charge on any atom is -0.380 e. The molecule has 0 saturated heterocycles. The molecule has 2 heterocycles. The summed E-state index contributed by atoms with van der Waals surface area (Å²) < 4.78 is 5.13. The molecule has 2 N–H and O–H groups in total. The molecular formula is C12H18N4O. The zero-order valence-corrected chi connectivity index (χ0v) is 10.3. The van der Waals surface area contributed by atoms with Crippen molar-refractivity contribution in [2.24, 2.45) is 0 Å². The van der Waals surface area contributed by atoms with Crippen LogP contribution >= 0.6 is 0 Å². The number of nitrogens with zero attached hydrogens (tertiary/aromatic N) is 3. The number of ether oxygens (including phenoxy) is 1. The van der Waals surface area contributed by atoms with Crippen molar-refractivity contribution in [2.75, 3.05) is 37.4 Å². The third-order valence-electron chi connectivity index (χ3n) is 2.81. The van der Waals surface area contributed by atoms with Crippen molar-refractivity contribution in [1.82, 2.24) is 9.97 Å². The summed E-state index contributed by atoms with van der Waals surface area (Å²) in [5, 5.41) is 0. The van der Waals surface area contributed by atoms with E-state index in [0.717, 1.165) is 37.6 Å². The SMILES string of the molecule is COCC1=CCN(c2cc(C)nc(N)n2)CC1. The first-order chi connectivity index (χ1) is 8.19. The number of rotatable bonds is 3. The predicted molar refractivity (Wildman–Crippen MR) is 68.0 cm³/mol. The zero-order chi connectivity index (χ0) is 12.3. The van der Waals surface area contributed by atoms with Gasteiger partial charge in [0.25, 0.3) is 0 Å². The maximum absolute atomic E-state index is 5.66. The highest BCUT2D eigenvalue weighted by atomic mass is 16.5. The molecule has 1 aliphatic heterocycles. The van der Waals surface area contributed by atoms with Gasteiger partial charge in [0.2, 0.25) is 5.95 Å². The van der Waals surface area contributed by atoms with Gasteiger partial charge >= 0.3 is 0 Å². The highest BCUT2D eigenvalue weighted by Crippen LogP contribution is 2.19. The quantitative estimate of drug-likeness (QED) is 0.795. The zero-order valence-electron chi connectivity index (χ0n) is 10.3. The second kappa shape index (κ2) is 5.14. The Balaban J connectivity index is 2.10. The van der Waals surface area contributed by atoms with Gasteiger partial charge in [0.15, 0.2) is 0 Å². The van der Waals surface area contributed by atoms with Gasteiger partial charge in [0, 0.05) is 32.0 Å². The van der Waals surface area contributed by atoms with E-state index in [1.54, 1.807) is 7.11 Å². The summed E-state index contributed by atoms with van der Waals surface area (Å²) in [6.45, 7) is 4.45. The molecule has 0 atom stereocenters. The third kappa shape index (κ3) is 2.94. The van der Waals surface area contributed by atoms with Gasteiger partial charge in [0.1, 0.15) is 5.82 Å². The van der Waals surface area contributed by atoms with Crippen LogP contribution in [0.4, 0.5) is 11.8 Å². The first-order valence-corrected chi connectivity index (χ1v) is 5.72. The Morgan fingerprint density at radius 1 is 1.47 bits per heavy atom. The van der Waals surface area contributed by atoms with Crippen LogP contribution in [0.2, 0.25) is 0 Å². The lowest BCUT2D eigenvalue weighted by Crippen LogP contribution is -2.30. The molecule has 5 nitrogen and oxygen atoms in total. The Morgan fingerprint density at radius 2 is 2.29 bits per heavy atom. The molecule has 0 aliphatic carbocycles. The van der Waals surface area contributed by atoms with E-state index in [-0.39, 0.29) is 0 Å². The normalized spacial score (nSPS) is 15.9. The summed E-state index contributed by atoms with van der Waals surface area (Å²) >= 11 is 0. The maximum atomic E-state index is 5.66. The number of nitrogen functional groups attached to an aromatic ring is 1. The Kier molecular flexibility index (Phi) is 3.58. The van der Waals surface area contributed by atoms with Crippen LogP contribution in [0.1, 0.15) is 12.1 Å². The van der Waals surface area contributed by atoms with E-state index in [2.05, 4.69) is 20.9 Å². The number of anilines is 2.